The van der Waals surface area contributed by atoms with E-state index in [0.717, 1.165) is 17.0 Å². The van der Waals surface area contributed by atoms with Gasteiger partial charge in [0.1, 0.15) is 10.8 Å². The molecule has 0 unspecified atom stereocenters. The number of halogens is 2. The number of fused-ring (bicyclic) bond motifs is 2. The van der Waals surface area contributed by atoms with Gasteiger partial charge in [0.2, 0.25) is 0 Å². The van der Waals surface area contributed by atoms with E-state index in [1.165, 1.54) is 22.7 Å². The number of anilines is 2. The molecular weight excluding hydrogens is 412 g/mol. The number of ether oxygens (including phenoxy) is 1. The quantitative estimate of drug-likeness (QED) is 0.678. The zero-order valence-electron chi connectivity index (χ0n) is 15.7. The van der Waals surface area contributed by atoms with Gasteiger partial charge in [0.05, 0.1) is 11.3 Å². The fourth-order valence-corrected chi connectivity index (χ4v) is 3.98. The highest BCUT2D eigenvalue weighted by Crippen LogP contribution is 2.41. The Morgan fingerprint density at radius 3 is 2.80 bits per heavy atom. The summed E-state index contributed by atoms with van der Waals surface area (Å²) in [5, 5.41) is 3.27. The van der Waals surface area contributed by atoms with Crippen molar-refractivity contribution in [3.8, 4) is 5.75 Å². The van der Waals surface area contributed by atoms with Crippen molar-refractivity contribution in [1.82, 2.24) is 4.98 Å². The van der Waals surface area contributed by atoms with Gasteiger partial charge in [-0.15, -0.1) is 0 Å². The van der Waals surface area contributed by atoms with Crippen LogP contribution >= 0.6 is 11.8 Å². The van der Waals surface area contributed by atoms with Crippen LogP contribution in [0.2, 0.25) is 0 Å². The van der Waals surface area contributed by atoms with Crippen molar-refractivity contribution in [3.05, 3.63) is 71.9 Å². The SMILES string of the molecule is CN1C(=O)c2cccnc2Sc2cc(NC(=O)COc3ccc(F)c(F)c3)ccc21. The molecule has 0 saturated heterocycles. The van der Waals surface area contributed by atoms with Gasteiger partial charge in [0.15, 0.2) is 18.2 Å². The van der Waals surface area contributed by atoms with E-state index in [4.69, 9.17) is 4.74 Å². The topological polar surface area (TPSA) is 71.5 Å². The van der Waals surface area contributed by atoms with E-state index in [9.17, 15) is 18.4 Å². The molecule has 1 N–H and O–H groups in total. The summed E-state index contributed by atoms with van der Waals surface area (Å²) >= 11 is 1.33. The van der Waals surface area contributed by atoms with Crippen molar-refractivity contribution >= 4 is 35.0 Å². The van der Waals surface area contributed by atoms with Crippen molar-refractivity contribution in [1.29, 1.82) is 0 Å². The Bertz CT molecular complexity index is 1160. The number of nitrogens with zero attached hydrogens (tertiary/aromatic N) is 2. The number of carbonyl (C=O) groups excluding carboxylic acids is 2. The Morgan fingerprint density at radius 1 is 1.17 bits per heavy atom. The van der Waals surface area contributed by atoms with Crippen LogP contribution in [0.25, 0.3) is 0 Å². The highest BCUT2D eigenvalue weighted by molar-refractivity contribution is 7.99. The van der Waals surface area contributed by atoms with Gasteiger partial charge in [-0.2, -0.15) is 0 Å². The molecule has 0 bridgehead atoms. The minimum atomic E-state index is -1.05. The van der Waals surface area contributed by atoms with E-state index in [-0.39, 0.29) is 18.3 Å². The number of hydrogen-bond donors (Lipinski definition) is 1. The summed E-state index contributed by atoms with van der Waals surface area (Å²) in [5.74, 6) is -2.64. The average Bonchev–Trinajstić information content (AvgIpc) is 2.84. The number of carbonyl (C=O) groups is 2. The van der Waals surface area contributed by atoms with Crippen molar-refractivity contribution in [3.63, 3.8) is 0 Å². The number of pyridine rings is 1. The van der Waals surface area contributed by atoms with Crippen LogP contribution in [0.1, 0.15) is 10.4 Å². The lowest BCUT2D eigenvalue weighted by atomic mass is 10.2. The fraction of sp³-hybridized carbons (Fsp3) is 0.0952. The van der Waals surface area contributed by atoms with E-state index in [1.807, 2.05) is 0 Å². The van der Waals surface area contributed by atoms with Gasteiger partial charge in [-0.05, 0) is 42.5 Å². The molecule has 0 atom stereocenters. The molecular formula is C21H15F2N3O3S. The summed E-state index contributed by atoms with van der Waals surface area (Å²) in [4.78, 5) is 31.4. The van der Waals surface area contributed by atoms with Gasteiger partial charge >= 0.3 is 0 Å². The van der Waals surface area contributed by atoms with Gasteiger partial charge in [-0.25, -0.2) is 13.8 Å². The number of rotatable bonds is 4. The van der Waals surface area contributed by atoms with Crippen LogP contribution in [-0.2, 0) is 4.79 Å². The minimum Gasteiger partial charge on any atom is -0.484 e. The Hall–Kier alpha value is -3.46. The maximum absolute atomic E-state index is 13.2. The standard InChI is InChI=1S/C21H15F2N3O3S/c1-26-17-7-4-12(9-18(17)30-20-14(21(26)28)3-2-8-24-20)25-19(27)11-29-13-5-6-15(22)16(23)10-13/h2-10H,11H2,1H3,(H,25,27). The average molecular weight is 427 g/mol. The predicted molar refractivity (Wildman–Crippen MR) is 108 cm³/mol. The molecule has 0 aliphatic carbocycles. The molecule has 1 aromatic heterocycles. The first-order valence-corrected chi connectivity index (χ1v) is 9.66. The second-order valence-corrected chi connectivity index (χ2v) is 7.45. The van der Waals surface area contributed by atoms with E-state index in [2.05, 4.69) is 10.3 Å². The van der Waals surface area contributed by atoms with Crippen LogP contribution in [0.5, 0.6) is 5.75 Å². The molecule has 4 rings (SSSR count). The Morgan fingerprint density at radius 2 is 2.00 bits per heavy atom. The normalized spacial score (nSPS) is 12.6. The van der Waals surface area contributed by atoms with Crippen molar-refractivity contribution < 1.29 is 23.1 Å². The smallest absolute Gasteiger partial charge is 0.262 e. The molecule has 2 amide bonds. The third-order valence-corrected chi connectivity index (χ3v) is 5.44. The van der Waals surface area contributed by atoms with Crippen LogP contribution in [0.3, 0.4) is 0 Å². The molecule has 0 saturated carbocycles. The molecule has 0 radical (unpaired) electrons. The molecule has 1 aliphatic heterocycles. The number of nitrogens with one attached hydrogen (secondary N) is 1. The molecule has 30 heavy (non-hydrogen) atoms. The van der Waals surface area contributed by atoms with Gasteiger partial charge in [0, 0.05) is 29.9 Å². The van der Waals surface area contributed by atoms with Gasteiger partial charge in [0.25, 0.3) is 11.8 Å². The Labute approximate surface area is 174 Å². The lowest BCUT2D eigenvalue weighted by Gasteiger charge is -2.18. The zero-order valence-corrected chi connectivity index (χ0v) is 16.5. The van der Waals surface area contributed by atoms with Crippen LogP contribution < -0.4 is 15.0 Å². The third-order valence-electron chi connectivity index (χ3n) is 4.38. The first-order valence-electron chi connectivity index (χ1n) is 8.85. The van der Waals surface area contributed by atoms with Crippen LogP contribution in [0, 0.1) is 11.6 Å². The van der Waals surface area contributed by atoms with E-state index in [0.29, 0.717) is 22.0 Å². The fourth-order valence-electron chi connectivity index (χ4n) is 2.89. The lowest BCUT2D eigenvalue weighted by molar-refractivity contribution is -0.118. The molecule has 0 fully saturated rings. The van der Waals surface area contributed by atoms with Crippen molar-refractivity contribution in [2.45, 2.75) is 9.92 Å². The summed E-state index contributed by atoms with van der Waals surface area (Å²) in [6.45, 7) is -0.377. The zero-order chi connectivity index (χ0) is 21.3. The largest absolute Gasteiger partial charge is 0.484 e. The first kappa shape index (κ1) is 19.8. The highest BCUT2D eigenvalue weighted by Gasteiger charge is 2.25. The Balaban J connectivity index is 1.49. The molecule has 1 aliphatic rings. The Kier molecular flexibility index (Phi) is 5.37. The van der Waals surface area contributed by atoms with E-state index < -0.39 is 17.5 Å². The highest BCUT2D eigenvalue weighted by atomic mass is 32.2. The van der Waals surface area contributed by atoms with E-state index >= 15 is 0 Å². The summed E-state index contributed by atoms with van der Waals surface area (Å²) in [6.07, 6.45) is 1.62. The predicted octanol–water partition coefficient (Wildman–Crippen LogP) is 4.12. The maximum atomic E-state index is 13.2. The molecule has 9 heteroatoms. The molecule has 2 heterocycles. The summed E-state index contributed by atoms with van der Waals surface area (Å²) < 4.78 is 31.4. The summed E-state index contributed by atoms with van der Waals surface area (Å²) in [7, 11) is 1.68. The lowest BCUT2D eigenvalue weighted by Crippen LogP contribution is -2.26. The van der Waals surface area contributed by atoms with Gasteiger partial charge in [-0.3, -0.25) is 9.59 Å². The molecule has 0 spiro atoms. The van der Waals surface area contributed by atoms with Crippen LogP contribution in [0.15, 0.2) is 64.6 Å². The number of benzene rings is 2. The van der Waals surface area contributed by atoms with Crippen molar-refractivity contribution in [2.75, 3.05) is 23.9 Å². The second kappa shape index (κ2) is 8.11. The minimum absolute atomic E-state index is 0.0457. The summed E-state index contributed by atoms with van der Waals surface area (Å²) in [6, 6.07) is 11.6. The van der Waals surface area contributed by atoms with Crippen LogP contribution in [0.4, 0.5) is 20.2 Å². The molecule has 2 aromatic carbocycles. The van der Waals surface area contributed by atoms with E-state index in [1.54, 1.807) is 43.6 Å². The number of hydrogen-bond acceptors (Lipinski definition) is 5. The van der Waals surface area contributed by atoms with Crippen LogP contribution in [-0.4, -0.2) is 30.5 Å². The second-order valence-electron chi connectivity index (χ2n) is 6.42. The number of aromatic nitrogens is 1. The van der Waals surface area contributed by atoms with Gasteiger partial charge < -0.3 is 15.0 Å². The summed E-state index contributed by atoms with van der Waals surface area (Å²) in [5.41, 5.74) is 1.70. The molecule has 3 aromatic rings. The molecule has 152 valence electrons. The van der Waals surface area contributed by atoms with Crippen molar-refractivity contribution in [2.24, 2.45) is 0 Å². The third kappa shape index (κ3) is 3.97. The number of amides is 2. The molecule has 6 nitrogen and oxygen atoms in total. The first-order chi connectivity index (χ1) is 14.4. The van der Waals surface area contributed by atoms with Gasteiger partial charge in [-0.1, -0.05) is 11.8 Å². The maximum Gasteiger partial charge on any atom is 0.262 e. The monoisotopic (exact) mass is 427 g/mol.